The number of sulfonamides is 1. The van der Waals surface area contributed by atoms with Crippen molar-refractivity contribution in [1.82, 2.24) is 10.2 Å². The van der Waals surface area contributed by atoms with Crippen LogP contribution in [0.3, 0.4) is 0 Å². The van der Waals surface area contributed by atoms with Gasteiger partial charge in [-0.2, -0.15) is 0 Å². The molecule has 1 N–H and O–H groups in total. The second-order valence-electron chi connectivity index (χ2n) is 9.65. The summed E-state index contributed by atoms with van der Waals surface area (Å²) in [6, 6.07) is 14.5. The Bertz CT molecular complexity index is 1500. The molecule has 9 nitrogen and oxygen atoms in total. The number of rotatable bonds is 13. The lowest BCUT2D eigenvalue weighted by molar-refractivity contribution is -0.139. The van der Waals surface area contributed by atoms with Crippen LogP contribution in [0.25, 0.3) is 0 Å². The molecular weight excluding hydrogens is 585 g/mol. The van der Waals surface area contributed by atoms with Crippen LogP contribution in [0.15, 0.2) is 71.6 Å². The van der Waals surface area contributed by atoms with Crippen molar-refractivity contribution in [2.45, 2.75) is 50.7 Å². The van der Waals surface area contributed by atoms with Crippen LogP contribution in [0.2, 0.25) is 5.02 Å². The molecule has 2 amide bonds. The van der Waals surface area contributed by atoms with Gasteiger partial charge in [-0.1, -0.05) is 30.7 Å². The van der Waals surface area contributed by atoms with Gasteiger partial charge in [-0.3, -0.25) is 13.9 Å². The maximum atomic E-state index is 14.0. The number of carbonyl (C=O) groups is 2. The Kier molecular flexibility index (Phi) is 11.2. The maximum Gasteiger partial charge on any atom is 0.264 e. The Morgan fingerprint density at radius 3 is 2.24 bits per heavy atom. The monoisotopic (exact) mass is 619 g/mol. The number of nitrogens with zero attached hydrogens (tertiary/aromatic N) is 2. The van der Waals surface area contributed by atoms with Crippen LogP contribution >= 0.6 is 11.6 Å². The molecule has 0 aliphatic heterocycles. The Morgan fingerprint density at radius 1 is 0.976 bits per heavy atom. The standard InChI is InChI=1S/C30H35ClFN3O6S/c1-6-20(2)33-30(37)21(3)34(18-22-8-7-9-23(31)16-22)29(36)19-35(25-12-10-24(32)11-13-25)42(38,39)26-14-15-27(40-4)28(17-26)41-5/h7-17,20-21H,6,18-19H2,1-5H3,(H,33,37)/t20-,21-/m1/s1. The first kappa shape index (κ1) is 32.7. The molecule has 42 heavy (non-hydrogen) atoms. The fourth-order valence-electron chi connectivity index (χ4n) is 4.12. The highest BCUT2D eigenvalue weighted by molar-refractivity contribution is 7.92. The molecule has 0 aliphatic rings. The minimum atomic E-state index is -4.40. The Labute approximate surface area is 251 Å². The third-order valence-electron chi connectivity index (χ3n) is 6.75. The minimum absolute atomic E-state index is 0.0118. The second-order valence-corrected chi connectivity index (χ2v) is 11.9. The molecule has 3 aromatic carbocycles. The van der Waals surface area contributed by atoms with Gasteiger partial charge in [0.15, 0.2) is 11.5 Å². The number of hydrogen-bond acceptors (Lipinski definition) is 6. The highest BCUT2D eigenvalue weighted by Crippen LogP contribution is 2.32. The van der Waals surface area contributed by atoms with E-state index < -0.39 is 40.2 Å². The quantitative estimate of drug-likeness (QED) is 0.288. The van der Waals surface area contributed by atoms with E-state index in [1.54, 1.807) is 31.2 Å². The van der Waals surface area contributed by atoms with Crippen molar-refractivity contribution < 1.29 is 31.9 Å². The molecule has 0 bridgehead atoms. The largest absolute Gasteiger partial charge is 0.493 e. The molecule has 12 heteroatoms. The summed E-state index contributed by atoms with van der Waals surface area (Å²) in [7, 11) is -1.61. The lowest BCUT2D eigenvalue weighted by Crippen LogP contribution is -2.52. The summed E-state index contributed by atoms with van der Waals surface area (Å²) in [5.41, 5.74) is 0.703. The van der Waals surface area contributed by atoms with Gasteiger partial charge in [-0.05, 0) is 74.4 Å². The van der Waals surface area contributed by atoms with Gasteiger partial charge in [-0.25, -0.2) is 12.8 Å². The number of ether oxygens (including phenoxy) is 2. The third-order valence-corrected chi connectivity index (χ3v) is 8.75. The van der Waals surface area contributed by atoms with E-state index in [0.717, 1.165) is 16.4 Å². The number of amides is 2. The van der Waals surface area contributed by atoms with Crippen molar-refractivity contribution in [2.24, 2.45) is 0 Å². The smallest absolute Gasteiger partial charge is 0.264 e. The number of methoxy groups -OCH3 is 2. The van der Waals surface area contributed by atoms with Crippen molar-refractivity contribution in [2.75, 3.05) is 25.1 Å². The Hall–Kier alpha value is -3.83. The van der Waals surface area contributed by atoms with Crippen LogP contribution in [-0.2, 0) is 26.2 Å². The molecule has 0 heterocycles. The predicted molar refractivity (Wildman–Crippen MR) is 160 cm³/mol. The summed E-state index contributed by atoms with van der Waals surface area (Å²) in [5, 5.41) is 3.32. The Morgan fingerprint density at radius 2 is 1.64 bits per heavy atom. The van der Waals surface area contributed by atoms with Crippen molar-refractivity contribution >= 4 is 39.1 Å². The fourth-order valence-corrected chi connectivity index (χ4v) is 5.76. The predicted octanol–water partition coefficient (Wildman–Crippen LogP) is 5.02. The van der Waals surface area contributed by atoms with E-state index in [1.807, 2.05) is 13.8 Å². The second kappa shape index (κ2) is 14.4. The minimum Gasteiger partial charge on any atom is -0.493 e. The van der Waals surface area contributed by atoms with Gasteiger partial charge in [-0.15, -0.1) is 0 Å². The van der Waals surface area contributed by atoms with Crippen molar-refractivity contribution in [3.63, 3.8) is 0 Å². The van der Waals surface area contributed by atoms with Gasteiger partial charge in [0.1, 0.15) is 18.4 Å². The number of nitrogens with one attached hydrogen (secondary N) is 1. The summed E-state index contributed by atoms with van der Waals surface area (Å²) in [6.45, 7) is 4.65. The molecule has 0 saturated heterocycles. The van der Waals surface area contributed by atoms with E-state index >= 15 is 0 Å². The van der Waals surface area contributed by atoms with Crippen LogP contribution in [0, 0.1) is 5.82 Å². The zero-order valence-corrected chi connectivity index (χ0v) is 25.7. The van der Waals surface area contributed by atoms with E-state index in [-0.39, 0.29) is 28.9 Å². The van der Waals surface area contributed by atoms with E-state index in [1.165, 1.54) is 49.5 Å². The van der Waals surface area contributed by atoms with Crippen LogP contribution in [-0.4, -0.2) is 58.0 Å². The average Bonchev–Trinajstić information content (AvgIpc) is 2.98. The summed E-state index contributed by atoms with van der Waals surface area (Å²) in [6.07, 6.45) is 0.683. The van der Waals surface area contributed by atoms with E-state index in [9.17, 15) is 22.4 Å². The molecule has 0 aromatic heterocycles. The van der Waals surface area contributed by atoms with Gasteiger partial charge < -0.3 is 19.7 Å². The molecule has 0 radical (unpaired) electrons. The zero-order chi connectivity index (χ0) is 31.0. The summed E-state index contributed by atoms with van der Waals surface area (Å²) in [4.78, 5) is 28.2. The summed E-state index contributed by atoms with van der Waals surface area (Å²) in [5.74, 6) is -1.14. The van der Waals surface area contributed by atoms with Crippen molar-refractivity contribution in [3.8, 4) is 11.5 Å². The first-order valence-corrected chi connectivity index (χ1v) is 15.1. The van der Waals surface area contributed by atoms with Gasteiger partial charge in [0.25, 0.3) is 10.0 Å². The van der Waals surface area contributed by atoms with Crippen molar-refractivity contribution in [3.05, 3.63) is 83.1 Å². The Balaban J connectivity index is 2.06. The zero-order valence-electron chi connectivity index (χ0n) is 24.1. The lowest BCUT2D eigenvalue weighted by atomic mass is 10.1. The molecule has 0 fully saturated rings. The molecule has 3 rings (SSSR count). The highest BCUT2D eigenvalue weighted by Gasteiger charge is 2.33. The lowest BCUT2D eigenvalue weighted by Gasteiger charge is -2.32. The van der Waals surface area contributed by atoms with E-state index in [0.29, 0.717) is 22.8 Å². The first-order chi connectivity index (χ1) is 19.9. The van der Waals surface area contributed by atoms with E-state index in [4.69, 9.17) is 21.1 Å². The SMILES string of the molecule is CC[C@@H](C)NC(=O)[C@@H](C)N(Cc1cccc(Cl)c1)C(=O)CN(c1ccc(F)cc1)S(=O)(=O)c1ccc(OC)c(OC)c1. The fraction of sp³-hybridized carbons (Fsp3) is 0.333. The van der Waals surface area contributed by atoms with Crippen LogP contribution < -0.4 is 19.1 Å². The molecule has 0 saturated carbocycles. The van der Waals surface area contributed by atoms with Gasteiger partial charge in [0.2, 0.25) is 11.8 Å². The van der Waals surface area contributed by atoms with Gasteiger partial charge >= 0.3 is 0 Å². The van der Waals surface area contributed by atoms with Crippen LogP contribution in [0.5, 0.6) is 11.5 Å². The maximum absolute atomic E-state index is 14.0. The highest BCUT2D eigenvalue weighted by atomic mass is 35.5. The average molecular weight is 620 g/mol. The first-order valence-electron chi connectivity index (χ1n) is 13.3. The third kappa shape index (κ3) is 7.92. The van der Waals surface area contributed by atoms with Crippen LogP contribution in [0.1, 0.15) is 32.8 Å². The number of halogens is 2. The number of benzene rings is 3. The molecule has 0 unspecified atom stereocenters. The molecule has 0 spiro atoms. The van der Waals surface area contributed by atoms with Crippen molar-refractivity contribution in [1.29, 1.82) is 0 Å². The normalized spacial score (nSPS) is 12.6. The van der Waals surface area contributed by atoms with Gasteiger partial charge in [0, 0.05) is 23.7 Å². The molecule has 226 valence electrons. The molecule has 3 aromatic rings. The number of anilines is 1. The topological polar surface area (TPSA) is 105 Å². The van der Waals surface area contributed by atoms with Crippen LogP contribution in [0.4, 0.5) is 10.1 Å². The molecule has 2 atom stereocenters. The summed E-state index contributed by atoms with van der Waals surface area (Å²) < 4.78 is 53.2. The van der Waals surface area contributed by atoms with E-state index in [2.05, 4.69) is 5.32 Å². The molecular formula is C30H35ClFN3O6S. The summed E-state index contributed by atoms with van der Waals surface area (Å²) >= 11 is 6.17. The number of carbonyl (C=O) groups excluding carboxylic acids is 2. The molecule has 0 aliphatic carbocycles. The van der Waals surface area contributed by atoms with Gasteiger partial charge in [0.05, 0.1) is 24.8 Å². The number of hydrogen-bond donors (Lipinski definition) is 1.